The van der Waals surface area contributed by atoms with Crippen LogP contribution in [0.4, 0.5) is 0 Å². The van der Waals surface area contributed by atoms with Crippen LogP contribution in [0.5, 0.6) is 0 Å². The smallest absolute Gasteiger partial charge is 0.292 e. The second-order valence-corrected chi connectivity index (χ2v) is 11.1. The van der Waals surface area contributed by atoms with Crippen molar-refractivity contribution >= 4 is 26.5 Å². The summed E-state index contributed by atoms with van der Waals surface area (Å²) in [5.74, 6) is 0.0287. The third kappa shape index (κ3) is 5.27. The maximum absolute atomic E-state index is 12.9. The first-order valence-electron chi connectivity index (χ1n) is 8.06. The molecule has 0 radical (unpaired) electrons. The Morgan fingerprint density at radius 3 is 1.96 bits per heavy atom. The van der Waals surface area contributed by atoms with E-state index < -0.39 is 26.2 Å². The fourth-order valence-electron chi connectivity index (χ4n) is 2.72. The van der Waals surface area contributed by atoms with Crippen LogP contribution in [0.1, 0.15) is 38.1 Å². The van der Waals surface area contributed by atoms with Crippen molar-refractivity contribution in [2.45, 2.75) is 38.1 Å². The number of likely N-dealkylation sites (N-methyl/N-ethyl adjacent to an activating group) is 1. The van der Waals surface area contributed by atoms with Crippen LogP contribution in [0.3, 0.4) is 0 Å². The lowest BCUT2D eigenvalue weighted by Gasteiger charge is -2.36. The third-order valence-corrected chi connectivity index (χ3v) is 8.09. The zero-order valence-corrected chi connectivity index (χ0v) is 17.7. The second kappa shape index (κ2) is 8.18. The summed E-state index contributed by atoms with van der Waals surface area (Å²) in [6.07, 6.45) is 3.42. The molecule has 0 fully saturated rings. The Balaban J connectivity index is 3.08. The molecule has 0 spiro atoms. The monoisotopic (exact) mass is 391 g/mol. The minimum Gasteiger partial charge on any atom is -0.292 e. The SMILES string of the molecule is CCN(CC)C(C)(C)C(=O)c1ccc(S(C)(C)OS(=O)(=O)OC)cc1. The molecule has 6 nitrogen and oxygen atoms in total. The number of ketones is 1. The topological polar surface area (TPSA) is 72.9 Å². The number of rotatable bonds is 9. The van der Waals surface area contributed by atoms with Crippen LogP contribution in [-0.4, -0.2) is 57.4 Å². The highest BCUT2D eigenvalue weighted by atomic mass is 32.3. The molecule has 1 aromatic rings. The molecule has 0 aliphatic carbocycles. The number of nitrogens with zero attached hydrogens (tertiary/aromatic N) is 1. The normalized spacial score (nSPS) is 13.9. The van der Waals surface area contributed by atoms with Crippen molar-refractivity contribution in [3.63, 3.8) is 0 Å². The Bertz CT molecular complexity index is 692. The molecule has 0 amide bonds. The Hall–Kier alpha value is -0.930. The first-order valence-corrected chi connectivity index (χ1v) is 11.8. The first kappa shape index (κ1) is 22.1. The van der Waals surface area contributed by atoms with E-state index in [1.807, 2.05) is 27.7 Å². The lowest BCUT2D eigenvalue weighted by molar-refractivity contribution is 0.0668. The molecular formula is C17H29NO5S2. The Labute approximate surface area is 153 Å². The lowest BCUT2D eigenvalue weighted by Crippen LogP contribution is -2.49. The summed E-state index contributed by atoms with van der Waals surface area (Å²) in [5.41, 5.74) is -0.0195. The summed E-state index contributed by atoms with van der Waals surface area (Å²) in [5, 5.41) is 0. The molecule has 0 unspecified atom stereocenters. The van der Waals surface area contributed by atoms with Crippen molar-refractivity contribution < 1.29 is 21.0 Å². The molecule has 1 aromatic carbocycles. The highest BCUT2D eigenvalue weighted by molar-refractivity contribution is 8.31. The van der Waals surface area contributed by atoms with Gasteiger partial charge in [0.05, 0.1) is 12.6 Å². The van der Waals surface area contributed by atoms with Gasteiger partial charge in [-0.1, -0.05) is 36.3 Å². The standard InChI is InChI=1S/C17H29NO5S2/c1-8-18(9-2)17(3,4)16(19)14-10-12-15(13-11-14)24(6,7)23-25(20,21)22-5/h10-13H,8-9H2,1-7H3. The van der Waals surface area contributed by atoms with Gasteiger partial charge < -0.3 is 0 Å². The highest BCUT2D eigenvalue weighted by Gasteiger charge is 2.33. The Kier molecular flexibility index (Phi) is 7.23. The number of Topliss-reactive ketones (excluding diaryl/α,β-unsaturated/α-hetero) is 1. The van der Waals surface area contributed by atoms with Crippen molar-refractivity contribution in [1.82, 2.24) is 4.90 Å². The molecule has 0 heterocycles. The van der Waals surface area contributed by atoms with E-state index in [0.717, 1.165) is 20.2 Å². The molecule has 144 valence electrons. The second-order valence-electron chi connectivity index (χ2n) is 6.46. The molecule has 1 rings (SSSR count). The largest absolute Gasteiger partial charge is 0.409 e. The van der Waals surface area contributed by atoms with Gasteiger partial charge in [-0.2, -0.15) is 12.0 Å². The molecule has 0 bridgehead atoms. The van der Waals surface area contributed by atoms with Crippen molar-refractivity contribution in [3.05, 3.63) is 29.8 Å². The molecule has 0 aromatic heterocycles. The van der Waals surface area contributed by atoms with Gasteiger partial charge in [0.15, 0.2) is 5.78 Å². The molecule has 0 N–H and O–H groups in total. The van der Waals surface area contributed by atoms with Crippen LogP contribution in [0.2, 0.25) is 0 Å². The van der Waals surface area contributed by atoms with E-state index in [2.05, 4.69) is 9.08 Å². The summed E-state index contributed by atoms with van der Waals surface area (Å²) in [6.45, 7) is 9.46. The van der Waals surface area contributed by atoms with Crippen LogP contribution in [-0.2, 0) is 18.2 Å². The fourth-order valence-corrected chi connectivity index (χ4v) is 5.72. The molecule has 0 saturated carbocycles. The number of carbonyl (C=O) groups excluding carboxylic acids is 1. The van der Waals surface area contributed by atoms with E-state index >= 15 is 0 Å². The van der Waals surface area contributed by atoms with Crippen molar-refractivity contribution in [3.8, 4) is 0 Å². The summed E-state index contributed by atoms with van der Waals surface area (Å²) >= 11 is 0. The maximum Gasteiger partial charge on any atom is 0.409 e. The predicted octanol–water partition coefficient (Wildman–Crippen LogP) is 3.24. The van der Waals surface area contributed by atoms with Crippen LogP contribution >= 0.6 is 10.3 Å². The summed E-state index contributed by atoms with van der Waals surface area (Å²) in [7, 11) is -5.04. The number of hydrogen-bond acceptors (Lipinski definition) is 6. The average molecular weight is 392 g/mol. The van der Waals surface area contributed by atoms with Gasteiger partial charge in [-0.15, -0.1) is 0 Å². The predicted molar refractivity (Wildman–Crippen MR) is 102 cm³/mol. The highest BCUT2D eigenvalue weighted by Crippen LogP contribution is 2.51. The van der Waals surface area contributed by atoms with Gasteiger partial charge >= 0.3 is 10.4 Å². The molecule has 25 heavy (non-hydrogen) atoms. The van der Waals surface area contributed by atoms with E-state index in [1.54, 1.807) is 36.8 Å². The zero-order chi connectivity index (χ0) is 19.5. The summed E-state index contributed by atoms with van der Waals surface area (Å²) < 4.78 is 32.6. The number of carbonyl (C=O) groups is 1. The van der Waals surface area contributed by atoms with Crippen LogP contribution in [0, 0.1) is 0 Å². The quantitative estimate of drug-likeness (QED) is 0.602. The summed E-state index contributed by atoms with van der Waals surface area (Å²) in [6, 6.07) is 6.93. The van der Waals surface area contributed by atoms with E-state index in [-0.39, 0.29) is 5.78 Å². The van der Waals surface area contributed by atoms with Crippen LogP contribution in [0.15, 0.2) is 29.2 Å². The molecule has 0 atom stereocenters. The van der Waals surface area contributed by atoms with Gasteiger partial charge in [-0.3, -0.25) is 13.9 Å². The van der Waals surface area contributed by atoms with Crippen molar-refractivity contribution in [2.75, 3.05) is 32.7 Å². The van der Waals surface area contributed by atoms with E-state index in [1.165, 1.54) is 0 Å². The summed E-state index contributed by atoms with van der Waals surface area (Å²) in [4.78, 5) is 15.7. The minimum absolute atomic E-state index is 0.0287. The third-order valence-electron chi connectivity index (χ3n) is 4.25. The van der Waals surface area contributed by atoms with Gasteiger partial charge in [-0.25, -0.2) is 0 Å². The van der Waals surface area contributed by atoms with E-state index in [4.69, 9.17) is 3.63 Å². The fraction of sp³-hybridized carbons (Fsp3) is 0.588. The van der Waals surface area contributed by atoms with E-state index in [9.17, 15) is 13.2 Å². The molecule has 0 aliphatic heterocycles. The van der Waals surface area contributed by atoms with Gasteiger partial charge in [0, 0.05) is 10.5 Å². The Morgan fingerprint density at radius 2 is 1.56 bits per heavy atom. The number of hydrogen-bond donors (Lipinski definition) is 0. The molecule has 0 aliphatic rings. The van der Waals surface area contributed by atoms with Crippen molar-refractivity contribution in [1.29, 1.82) is 0 Å². The minimum atomic E-state index is -4.03. The van der Waals surface area contributed by atoms with E-state index in [0.29, 0.717) is 10.5 Å². The van der Waals surface area contributed by atoms with Gasteiger partial charge in [0.2, 0.25) is 0 Å². The number of benzene rings is 1. The lowest BCUT2D eigenvalue weighted by atomic mass is 9.91. The Morgan fingerprint density at radius 1 is 1.08 bits per heavy atom. The zero-order valence-electron chi connectivity index (χ0n) is 16.0. The van der Waals surface area contributed by atoms with Gasteiger partial charge in [0.1, 0.15) is 0 Å². The van der Waals surface area contributed by atoms with Crippen molar-refractivity contribution in [2.24, 2.45) is 0 Å². The first-order chi connectivity index (χ1) is 11.4. The van der Waals surface area contributed by atoms with Crippen LogP contribution < -0.4 is 0 Å². The van der Waals surface area contributed by atoms with Gasteiger partial charge in [-0.05, 0) is 51.6 Å². The van der Waals surface area contributed by atoms with Gasteiger partial charge in [0.25, 0.3) is 0 Å². The van der Waals surface area contributed by atoms with Crippen LogP contribution in [0.25, 0.3) is 0 Å². The average Bonchev–Trinajstić information content (AvgIpc) is 2.54. The molecular weight excluding hydrogens is 362 g/mol. The molecule has 0 saturated heterocycles. The maximum atomic E-state index is 12.9. The molecule has 8 heteroatoms.